The van der Waals surface area contributed by atoms with Gasteiger partial charge in [0.05, 0.1) is 0 Å². The molecule has 2 heterocycles. The number of aromatic nitrogens is 2. The fourth-order valence-corrected chi connectivity index (χ4v) is 3.44. The Morgan fingerprint density at radius 3 is 2.44 bits per heavy atom. The van der Waals surface area contributed by atoms with Crippen molar-refractivity contribution in [1.82, 2.24) is 15.0 Å². The van der Waals surface area contributed by atoms with Gasteiger partial charge in [-0.3, -0.25) is 4.79 Å². The molecular formula is C19H24N4O2. The number of anilines is 1. The maximum Gasteiger partial charge on any atom is 0.226 e. The zero-order chi connectivity index (χ0) is 17.2. The Balaban J connectivity index is 1.37. The second kappa shape index (κ2) is 6.86. The van der Waals surface area contributed by atoms with Gasteiger partial charge in [0.15, 0.2) is 0 Å². The number of rotatable bonds is 4. The first-order valence-corrected chi connectivity index (χ1v) is 9.21. The van der Waals surface area contributed by atoms with E-state index in [0.717, 1.165) is 51.0 Å². The normalized spacial score (nSPS) is 18.3. The van der Waals surface area contributed by atoms with E-state index in [2.05, 4.69) is 27.2 Å². The van der Waals surface area contributed by atoms with E-state index in [-0.39, 0.29) is 0 Å². The Hall–Kier alpha value is -2.37. The third-order valence-electron chi connectivity index (χ3n) is 5.31. The number of nitrogens with zero attached hydrogens (tertiary/aromatic N) is 4. The van der Waals surface area contributed by atoms with Gasteiger partial charge in [0.2, 0.25) is 17.6 Å². The first-order chi connectivity index (χ1) is 12.2. The summed E-state index contributed by atoms with van der Waals surface area (Å²) in [4.78, 5) is 21.1. The summed E-state index contributed by atoms with van der Waals surface area (Å²) in [6, 6.07) is 8.26. The number of benzene rings is 1. The second-order valence-corrected chi connectivity index (χ2v) is 6.85. The summed E-state index contributed by atoms with van der Waals surface area (Å²) in [5, 5.41) is 4.01. The van der Waals surface area contributed by atoms with Crippen LogP contribution in [-0.4, -0.2) is 47.1 Å². The lowest BCUT2D eigenvalue weighted by molar-refractivity contribution is -0.138. The molecule has 1 aliphatic carbocycles. The highest BCUT2D eigenvalue weighted by Crippen LogP contribution is 2.29. The summed E-state index contributed by atoms with van der Waals surface area (Å²) in [5.74, 6) is 1.96. The third kappa shape index (κ3) is 3.25. The van der Waals surface area contributed by atoms with Crippen LogP contribution in [0.4, 0.5) is 5.69 Å². The summed E-state index contributed by atoms with van der Waals surface area (Å²) in [6.45, 7) is 5.42. The molecule has 6 heteroatoms. The highest BCUT2D eigenvalue weighted by molar-refractivity contribution is 5.80. The van der Waals surface area contributed by atoms with Crippen molar-refractivity contribution in [2.45, 2.75) is 32.6 Å². The van der Waals surface area contributed by atoms with Crippen LogP contribution < -0.4 is 4.90 Å². The van der Waals surface area contributed by atoms with Crippen LogP contribution in [0.15, 0.2) is 28.8 Å². The molecule has 132 valence electrons. The van der Waals surface area contributed by atoms with Crippen LogP contribution in [0.3, 0.4) is 0 Å². The Morgan fingerprint density at radius 2 is 1.88 bits per heavy atom. The van der Waals surface area contributed by atoms with E-state index in [1.54, 1.807) is 0 Å². The molecule has 0 spiro atoms. The highest BCUT2D eigenvalue weighted by atomic mass is 16.5. The largest absolute Gasteiger partial charge is 0.368 e. The molecule has 0 N–H and O–H groups in total. The molecule has 2 fully saturated rings. The molecule has 2 aliphatic rings. The number of hydrogen-bond acceptors (Lipinski definition) is 5. The predicted octanol–water partition coefficient (Wildman–Crippen LogP) is 2.75. The van der Waals surface area contributed by atoms with E-state index >= 15 is 0 Å². The van der Waals surface area contributed by atoms with E-state index in [0.29, 0.717) is 23.5 Å². The topological polar surface area (TPSA) is 62.5 Å². The van der Waals surface area contributed by atoms with Gasteiger partial charge in [-0.2, -0.15) is 4.98 Å². The third-order valence-corrected chi connectivity index (χ3v) is 5.31. The number of carbonyl (C=O) groups excluding carboxylic acids is 1. The van der Waals surface area contributed by atoms with E-state index in [4.69, 9.17) is 4.52 Å². The lowest BCUT2D eigenvalue weighted by atomic mass is 9.84. The monoisotopic (exact) mass is 340 g/mol. The Labute approximate surface area is 147 Å². The van der Waals surface area contributed by atoms with Crippen molar-refractivity contribution in [1.29, 1.82) is 0 Å². The Kier molecular flexibility index (Phi) is 4.42. The average molecular weight is 340 g/mol. The van der Waals surface area contributed by atoms with Gasteiger partial charge < -0.3 is 14.3 Å². The molecule has 0 unspecified atom stereocenters. The van der Waals surface area contributed by atoms with Crippen molar-refractivity contribution in [3.63, 3.8) is 0 Å². The number of hydrogen-bond donors (Lipinski definition) is 0. The van der Waals surface area contributed by atoms with E-state index < -0.39 is 0 Å². The van der Waals surface area contributed by atoms with Crippen LogP contribution in [0.2, 0.25) is 0 Å². The van der Waals surface area contributed by atoms with Crippen LogP contribution >= 0.6 is 0 Å². The molecule has 2 aromatic rings. The SMILES string of the molecule is CCc1nc(-c2ccc(N3CCN(C(=O)C4CCC4)CC3)cc2)no1. The summed E-state index contributed by atoms with van der Waals surface area (Å²) in [5.41, 5.74) is 2.14. The fraction of sp³-hybridized carbons (Fsp3) is 0.526. The zero-order valence-electron chi connectivity index (χ0n) is 14.6. The molecule has 0 atom stereocenters. The molecular weight excluding hydrogens is 316 g/mol. The van der Waals surface area contributed by atoms with Crippen LogP contribution in [0.1, 0.15) is 32.1 Å². The number of amides is 1. The minimum absolute atomic E-state index is 0.300. The number of piperazine rings is 1. The predicted molar refractivity (Wildman–Crippen MR) is 95.2 cm³/mol. The smallest absolute Gasteiger partial charge is 0.226 e. The maximum atomic E-state index is 12.3. The molecule has 4 rings (SSSR count). The van der Waals surface area contributed by atoms with Crippen LogP contribution in [0.25, 0.3) is 11.4 Å². The zero-order valence-corrected chi connectivity index (χ0v) is 14.6. The molecule has 0 bridgehead atoms. The Morgan fingerprint density at radius 1 is 1.16 bits per heavy atom. The van der Waals surface area contributed by atoms with Gasteiger partial charge in [-0.1, -0.05) is 18.5 Å². The quantitative estimate of drug-likeness (QED) is 0.856. The highest BCUT2D eigenvalue weighted by Gasteiger charge is 2.31. The van der Waals surface area contributed by atoms with Gasteiger partial charge in [-0.05, 0) is 37.1 Å². The molecule has 1 aliphatic heterocycles. The molecule has 25 heavy (non-hydrogen) atoms. The molecule has 1 amide bonds. The number of aryl methyl sites for hydroxylation is 1. The number of carbonyl (C=O) groups is 1. The summed E-state index contributed by atoms with van der Waals surface area (Å²) in [6.07, 6.45) is 4.12. The molecule has 1 saturated carbocycles. The average Bonchev–Trinajstić information content (AvgIpc) is 3.10. The van der Waals surface area contributed by atoms with Gasteiger partial charge in [0, 0.05) is 49.8 Å². The molecule has 6 nitrogen and oxygen atoms in total. The van der Waals surface area contributed by atoms with Gasteiger partial charge in [0.1, 0.15) is 0 Å². The molecule has 1 saturated heterocycles. The standard InChI is InChI=1S/C19H24N4O2/c1-2-17-20-18(21-25-17)14-6-8-16(9-7-14)22-10-12-23(13-11-22)19(24)15-4-3-5-15/h6-9,15H,2-5,10-13H2,1H3. The molecule has 0 radical (unpaired) electrons. The molecule has 1 aromatic heterocycles. The minimum Gasteiger partial charge on any atom is -0.368 e. The van der Waals surface area contributed by atoms with Crippen LogP contribution in [0.5, 0.6) is 0 Å². The minimum atomic E-state index is 0.300. The first kappa shape index (κ1) is 16.1. The summed E-state index contributed by atoms with van der Waals surface area (Å²) < 4.78 is 5.17. The summed E-state index contributed by atoms with van der Waals surface area (Å²) in [7, 11) is 0. The lowest BCUT2D eigenvalue weighted by Gasteiger charge is -2.39. The van der Waals surface area contributed by atoms with Crippen molar-refractivity contribution in [3.05, 3.63) is 30.2 Å². The van der Waals surface area contributed by atoms with Crippen molar-refractivity contribution in [2.24, 2.45) is 5.92 Å². The van der Waals surface area contributed by atoms with E-state index in [1.807, 2.05) is 24.0 Å². The second-order valence-electron chi connectivity index (χ2n) is 6.85. The van der Waals surface area contributed by atoms with Crippen LogP contribution in [0, 0.1) is 5.92 Å². The van der Waals surface area contributed by atoms with E-state index in [1.165, 1.54) is 12.1 Å². The van der Waals surface area contributed by atoms with Gasteiger partial charge in [-0.25, -0.2) is 0 Å². The first-order valence-electron chi connectivity index (χ1n) is 9.21. The van der Waals surface area contributed by atoms with Gasteiger partial charge in [-0.15, -0.1) is 0 Å². The van der Waals surface area contributed by atoms with Crippen molar-refractivity contribution in [2.75, 3.05) is 31.1 Å². The van der Waals surface area contributed by atoms with Crippen LogP contribution in [-0.2, 0) is 11.2 Å². The van der Waals surface area contributed by atoms with Crippen molar-refractivity contribution >= 4 is 11.6 Å². The Bertz CT molecular complexity index is 728. The maximum absolute atomic E-state index is 12.3. The fourth-order valence-electron chi connectivity index (χ4n) is 3.44. The summed E-state index contributed by atoms with van der Waals surface area (Å²) >= 11 is 0. The van der Waals surface area contributed by atoms with Crippen molar-refractivity contribution in [3.8, 4) is 11.4 Å². The molecule has 1 aromatic carbocycles. The van der Waals surface area contributed by atoms with Crippen molar-refractivity contribution < 1.29 is 9.32 Å². The van der Waals surface area contributed by atoms with E-state index in [9.17, 15) is 4.79 Å². The van der Waals surface area contributed by atoms with Gasteiger partial charge in [0.25, 0.3) is 0 Å². The van der Waals surface area contributed by atoms with Gasteiger partial charge >= 0.3 is 0 Å². The lowest BCUT2D eigenvalue weighted by Crippen LogP contribution is -2.51.